The molecule has 19 heavy (non-hydrogen) atoms. The number of carbonyl (C=O) groups excluding carboxylic acids is 1. The molecule has 0 radical (unpaired) electrons. The lowest BCUT2D eigenvalue weighted by Gasteiger charge is -2.11. The van der Waals surface area contributed by atoms with E-state index in [9.17, 15) is 4.79 Å². The standard InChI is InChI=1S/C14H13ClN2O2/c1-10-6-11(2)8-12(7-10)14(18)17-13(9-16)19-5-3-4-15/h6-8,13H,5H2,1-2H3,(H,17,18). The Morgan fingerprint density at radius 3 is 2.58 bits per heavy atom. The quantitative estimate of drug-likeness (QED) is 0.677. The summed E-state index contributed by atoms with van der Waals surface area (Å²) in [4.78, 5) is 11.9. The van der Waals surface area contributed by atoms with Crippen LogP contribution >= 0.6 is 11.6 Å². The van der Waals surface area contributed by atoms with Gasteiger partial charge in [-0.15, -0.1) is 0 Å². The molecule has 0 bridgehead atoms. The van der Waals surface area contributed by atoms with E-state index in [1.165, 1.54) is 0 Å². The second-order valence-electron chi connectivity index (χ2n) is 3.94. The third kappa shape index (κ3) is 5.01. The van der Waals surface area contributed by atoms with Crippen molar-refractivity contribution >= 4 is 17.5 Å². The van der Waals surface area contributed by atoms with Gasteiger partial charge in [-0.2, -0.15) is 5.26 Å². The van der Waals surface area contributed by atoms with Gasteiger partial charge >= 0.3 is 0 Å². The zero-order chi connectivity index (χ0) is 14.3. The van der Waals surface area contributed by atoms with Gasteiger partial charge in [0.15, 0.2) is 0 Å². The first-order valence-electron chi connectivity index (χ1n) is 5.55. The Hall–Kier alpha value is -2.01. The smallest absolute Gasteiger partial charge is 0.254 e. The van der Waals surface area contributed by atoms with Crippen molar-refractivity contribution in [3.05, 3.63) is 34.9 Å². The molecule has 1 amide bonds. The van der Waals surface area contributed by atoms with Crippen molar-refractivity contribution in [1.29, 1.82) is 5.26 Å². The van der Waals surface area contributed by atoms with E-state index in [0.29, 0.717) is 5.56 Å². The lowest BCUT2D eigenvalue weighted by atomic mass is 10.1. The molecular weight excluding hydrogens is 264 g/mol. The van der Waals surface area contributed by atoms with E-state index in [1.54, 1.807) is 12.1 Å². The van der Waals surface area contributed by atoms with Gasteiger partial charge in [-0.25, -0.2) is 0 Å². The molecule has 0 saturated carbocycles. The number of nitriles is 1. The van der Waals surface area contributed by atoms with E-state index in [1.807, 2.05) is 26.0 Å². The summed E-state index contributed by atoms with van der Waals surface area (Å²) in [6.07, 6.45) is -1.05. The average Bonchev–Trinajstić information content (AvgIpc) is 2.36. The number of aryl methyl sites for hydroxylation is 2. The summed E-state index contributed by atoms with van der Waals surface area (Å²) in [5.74, 6) is 2.07. The number of hydrogen-bond donors (Lipinski definition) is 1. The van der Waals surface area contributed by atoms with E-state index in [0.717, 1.165) is 11.1 Å². The normalized spacial score (nSPS) is 10.8. The molecule has 1 unspecified atom stereocenters. The van der Waals surface area contributed by atoms with Crippen LogP contribution in [0, 0.1) is 36.5 Å². The monoisotopic (exact) mass is 276 g/mol. The van der Waals surface area contributed by atoms with Gasteiger partial charge < -0.3 is 10.1 Å². The number of nitrogens with one attached hydrogen (secondary N) is 1. The Kier molecular flexibility index (Phi) is 5.89. The second kappa shape index (κ2) is 7.43. The van der Waals surface area contributed by atoms with E-state index in [2.05, 4.69) is 16.6 Å². The largest absolute Gasteiger partial charge is 0.332 e. The van der Waals surface area contributed by atoms with Crippen LogP contribution in [-0.4, -0.2) is 18.7 Å². The summed E-state index contributed by atoms with van der Waals surface area (Å²) in [5.41, 5.74) is 2.45. The highest BCUT2D eigenvalue weighted by atomic mass is 35.5. The van der Waals surface area contributed by atoms with Crippen LogP contribution in [0.25, 0.3) is 0 Å². The molecular formula is C14H13ClN2O2. The molecule has 5 heteroatoms. The van der Waals surface area contributed by atoms with Crippen molar-refractivity contribution in [3.63, 3.8) is 0 Å². The molecule has 4 nitrogen and oxygen atoms in total. The highest BCUT2D eigenvalue weighted by Gasteiger charge is 2.13. The Morgan fingerprint density at radius 2 is 2.05 bits per heavy atom. The van der Waals surface area contributed by atoms with Gasteiger partial charge in [0, 0.05) is 10.9 Å². The summed E-state index contributed by atoms with van der Waals surface area (Å²) in [7, 11) is 0. The molecule has 1 aromatic carbocycles. The summed E-state index contributed by atoms with van der Waals surface area (Å²) in [6.45, 7) is 3.78. The lowest BCUT2D eigenvalue weighted by molar-refractivity contribution is 0.0685. The van der Waals surface area contributed by atoms with Gasteiger partial charge in [0.1, 0.15) is 12.7 Å². The van der Waals surface area contributed by atoms with E-state index in [-0.39, 0.29) is 12.5 Å². The topological polar surface area (TPSA) is 62.1 Å². The van der Waals surface area contributed by atoms with Crippen LogP contribution < -0.4 is 5.32 Å². The first-order valence-corrected chi connectivity index (χ1v) is 5.93. The van der Waals surface area contributed by atoms with Crippen LogP contribution in [0.3, 0.4) is 0 Å². The van der Waals surface area contributed by atoms with Crippen molar-refractivity contribution in [2.75, 3.05) is 6.61 Å². The van der Waals surface area contributed by atoms with Crippen LogP contribution in [0.2, 0.25) is 0 Å². The van der Waals surface area contributed by atoms with E-state index < -0.39 is 6.23 Å². The average molecular weight is 277 g/mol. The first kappa shape index (κ1) is 15.0. The van der Waals surface area contributed by atoms with Crippen LogP contribution in [0.4, 0.5) is 0 Å². The fraction of sp³-hybridized carbons (Fsp3) is 0.286. The van der Waals surface area contributed by atoms with Crippen molar-refractivity contribution in [1.82, 2.24) is 5.32 Å². The summed E-state index contributed by atoms with van der Waals surface area (Å²) in [5, 5.41) is 13.4. The van der Waals surface area contributed by atoms with E-state index in [4.69, 9.17) is 21.6 Å². The van der Waals surface area contributed by atoms with Gasteiger partial charge in [0.25, 0.3) is 5.91 Å². The van der Waals surface area contributed by atoms with Crippen LogP contribution in [0.1, 0.15) is 21.5 Å². The Bertz CT molecular complexity index is 547. The maximum Gasteiger partial charge on any atom is 0.254 e. The molecule has 1 atom stereocenters. The summed E-state index contributed by atoms with van der Waals surface area (Å²) >= 11 is 5.15. The molecule has 0 aliphatic rings. The zero-order valence-electron chi connectivity index (χ0n) is 10.7. The van der Waals surface area contributed by atoms with Gasteiger partial charge in [-0.1, -0.05) is 23.1 Å². The van der Waals surface area contributed by atoms with E-state index >= 15 is 0 Å². The number of nitrogens with zero attached hydrogens (tertiary/aromatic N) is 1. The Morgan fingerprint density at radius 1 is 1.42 bits per heavy atom. The molecule has 0 fully saturated rings. The number of benzene rings is 1. The number of carbonyl (C=O) groups is 1. The third-order valence-electron chi connectivity index (χ3n) is 2.25. The van der Waals surface area contributed by atoms with Crippen LogP contribution in [-0.2, 0) is 4.74 Å². The van der Waals surface area contributed by atoms with Crippen molar-refractivity contribution < 1.29 is 9.53 Å². The van der Waals surface area contributed by atoms with Crippen molar-refractivity contribution in [2.45, 2.75) is 20.1 Å². The summed E-state index contributed by atoms with van der Waals surface area (Å²) < 4.78 is 5.03. The zero-order valence-corrected chi connectivity index (χ0v) is 11.4. The number of amides is 1. The molecule has 0 spiro atoms. The highest BCUT2D eigenvalue weighted by Crippen LogP contribution is 2.09. The van der Waals surface area contributed by atoms with Gasteiger partial charge in [-0.3, -0.25) is 4.79 Å². The fourth-order valence-electron chi connectivity index (χ4n) is 1.57. The fourth-order valence-corrected chi connectivity index (χ4v) is 1.63. The number of halogens is 1. The number of hydrogen-bond acceptors (Lipinski definition) is 3. The van der Waals surface area contributed by atoms with Crippen molar-refractivity contribution in [2.24, 2.45) is 0 Å². The minimum Gasteiger partial charge on any atom is -0.332 e. The second-order valence-corrected chi connectivity index (χ2v) is 4.13. The predicted molar refractivity (Wildman–Crippen MR) is 72.4 cm³/mol. The molecule has 1 rings (SSSR count). The molecule has 0 saturated heterocycles. The molecule has 0 aromatic heterocycles. The minimum absolute atomic E-state index is 0.0190. The van der Waals surface area contributed by atoms with Gasteiger partial charge in [0.05, 0.1) is 0 Å². The van der Waals surface area contributed by atoms with Crippen LogP contribution in [0.5, 0.6) is 0 Å². The molecule has 0 heterocycles. The third-order valence-corrected chi connectivity index (χ3v) is 2.39. The lowest BCUT2D eigenvalue weighted by Crippen LogP contribution is -2.36. The Labute approximate surface area is 117 Å². The van der Waals surface area contributed by atoms with Gasteiger partial charge in [0.2, 0.25) is 6.23 Å². The predicted octanol–water partition coefficient (Wildman–Crippen LogP) is 2.10. The molecule has 1 N–H and O–H groups in total. The molecule has 1 aromatic rings. The first-order chi connectivity index (χ1) is 9.06. The highest BCUT2D eigenvalue weighted by molar-refractivity contribution is 6.30. The van der Waals surface area contributed by atoms with Crippen molar-refractivity contribution in [3.8, 4) is 17.4 Å². The molecule has 0 aliphatic carbocycles. The van der Waals surface area contributed by atoms with Crippen LogP contribution in [0.15, 0.2) is 18.2 Å². The maximum absolute atomic E-state index is 11.9. The van der Waals surface area contributed by atoms with Gasteiger partial charge in [-0.05, 0) is 37.6 Å². The summed E-state index contributed by atoms with van der Waals surface area (Å²) in [6, 6.07) is 7.28. The SMILES string of the molecule is Cc1cc(C)cc(C(=O)NC(C#N)OCC#CCl)c1. The number of rotatable bonds is 4. The molecule has 98 valence electrons. The Balaban J connectivity index is 2.71. The minimum atomic E-state index is -1.05. The number of ether oxygens (including phenoxy) is 1. The molecule has 0 aliphatic heterocycles. The maximum atomic E-state index is 11.9.